The summed E-state index contributed by atoms with van der Waals surface area (Å²) in [7, 11) is 0. The van der Waals surface area contributed by atoms with E-state index in [-0.39, 0.29) is 6.79 Å². The van der Waals surface area contributed by atoms with Crippen LogP contribution in [0.2, 0.25) is 0 Å². The van der Waals surface area contributed by atoms with Crippen molar-refractivity contribution in [3.63, 3.8) is 0 Å². The molecule has 0 aromatic heterocycles. The highest BCUT2D eigenvalue weighted by atomic mass is 32.2. The van der Waals surface area contributed by atoms with Crippen molar-refractivity contribution in [2.75, 3.05) is 12.1 Å². The summed E-state index contributed by atoms with van der Waals surface area (Å²) in [6.07, 6.45) is 2.45. The number of rotatable bonds is 8. The molecular formula is C16H8F5NO3S5. The second-order valence-corrected chi connectivity index (χ2v) is 8.15. The molecule has 0 aliphatic carbocycles. The van der Waals surface area contributed by atoms with Gasteiger partial charge in [0.1, 0.15) is 0 Å². The van der Waals surface area contributed by atoms with Crippen LogP contribution in [0.1, 0.15) is 5.56 Å². The van der Waals surface area contributed by atoms with Gasteiger partial charge in [0.2, 0.25) is 12.7 Å². The van der Waals surface area contributed by atoms with Crippen molar-refractivity contribution in [2.24, 2.45) is 0 Å². The van der Waals surface area contributed by atoms with Gasteiger partial charge in [-0.3, -0.25) is 4.79 Å². The molecule has 2 aromatic rings. The monoisotopic (exact) mass is 517 g/mol. The first-order chi connectivity index (χ1) is 14.6. The number of nitrogens with one attached hydrogen (secondary N) is 1. The van der Waals surface area contributed by atoms with E-state index in [1.54, 1.807) is 18.2 Å². The lowest BCUT2D eigenvalue weighted by molar-refractivity contribution is -0.111. The van der Waals surface area contributed by atoms with Crippen molar-refractivity contribution < 1.29 is 33.7 Å². The molecule has 1 N–H and O–H groups in total. The van der Waals surface area contributed by atoms with E-state index in [9.17, 15) is 24.2 Å². The normalized spacial score (nSPS) is 12.6. The zero-order valence-corrected chi connectivity index (χ0v) is 18.3. The van der Waals surface area contributed by atoms with Crippen LogP contribution in [0, 0.1) is 0 Å². The Labute approximate surface area is 189 Å². The smallest absolute Gasteiger partial charge is 0.248 e. The lowest BCUT2D eigenvalue weighted by Crippen LogP contribution is -2.11. The highest BCUT2D eigenvalue weighted by Crippen LogP contribution is 2.54. The van der Waals surface area contributed by atoms with Gasteiger partial charge in [0, 0.05) is 6.08 Å². The molecule has 0 radical (unpaired) electrons. The van der Waals surface area contributed by atoms with E-state index >= 15 is 0 Å². The molecule has 160 valence electrons. The number of amides is 1. The van der Waals surface area contributed by atoms with Gasteiger partial charge in [-0.25, -0.2) is 0 Å². The first kappa shape index (κ1) is 23.3. The molecule has 0 saturated heterocycles. The molecule has 1 aliphatic heterocycles. The fourth-order valence-electron chi connectivity index (χ4n) is 2.46. The molecule has 0 spiro atoms. The zero-order valence-electron chi connectivity index (χ0n) is 14.2. The third-order valence-corrected chi connectivity index (χ3v) is 7.07. The summed E-state index contributed by atoms with van der Waals surface area (Å²) in [5.41, 5.74) is 0.0622. The maximum atomic E-state index is 13.5. The number of anilines is 1. The second kappa shape index (κ2) is 10.8. The number of ether oxygens (including phenoxy) is 2. The van der Waals surface area contributed by atoms with E-state index < -0.39 is 96.8 Å². The molecule has 1 amide bonds. The Morgan fingerprint density at radius 1 is 0.833 bits per heavy atom. The molecule has 2 aromatic carbocycles. The largest absolute Gasteiger partial charge is 0.454 e. The van der Waals surface area contributed by atoms with Crippen LogP contribution < -0.4 is 14.8 Å². The number of hydrogen-bond donors (Lipinski definition) is 1. The average molecular weight is 518 g/mol. The fourth-order valence-corrected chi connectivity index (χ4v) is 5.32. The van der Waals surface area contributed by atoms with Crippen molar-refractivity contribution >= 4 is 78.4 Å². The number of carbonyl (C=O) groups excluding carboxylic acids is 1. The first-order valence-electron chi connectivity index (χ1n) is 7.63. The Balaban J connectivity index is 1.93. The van der Waals surface area contributed by atoms with Crippen molar-refractivity contribution in [1.29, 1.82) is 0 Å². The molecule has 1 heterocycles. The Morgan fingerprint density at radius 3 is 1.93 bits per heavy atom. The van der Waals surface area contributed by atoms with Gasteiger partial charge in [-0.05, 0) is 23.8 Å². The molecule has 30 heavy (non-hydrogen) atoms. The predicted octanol–water partition coefficient (Wildman–Crippen LogP) is 7.95. The van der Waals surface area contributed by atoms with Crippen LogP contribution >= 0.6 is 60.7 Å². The third kappa shape index (κ3) is 4.77. The van der Waals surface area contributed by atoms with Crippen LogP contribution in [0.5, 0.6) is 11.5 Å². The topological polar surface area (TPSA) is 47.6 Å². The van der Waals surface area contributed by atoms with Gasteiger partial charge in [-0.15, -0.1) is 0 Å². The number of hydrogen-bond acceptors (Lipinski definition) is 8. The molecule has 3 rings (SSSR count). The first-order valence-corrected chi connectivity index (χ1v) is 11.2. The van der Waals surface area contributed by atoms with Crippen molar-refractivity contribution in [1.82, 2.24) is 0 Å². The summed E-state index contributed by atoms with van der Waals surface area (Å²) in [5.74, 6) is 0.200. The molecule has 0 bridgehead atoms. The van der Waals surface area contributed by atoms with E-state index in [1.807, 2.05) is 0 Å². The third-order valence-electron chi connectivity index (χ3n) is 3.74. The van der Waals surface area contributed by atoms with Gasteiger partial charge in [0.15, 0.2) is 11.5 Å². The van der Waals surface area contributed by atoms with Gasteiger partial charge in [-0.2, -0.15) is 19.4 Å². The molecule has 1 aliphatic rings. The van der Waals surface area contributed by atoms with Crippen molar-refractivity contribution in [3.05, 3.63) is 29.8 Å². The lowest BCUT2D eigenvalue weighted by atomic mass is 10.2. The van der Waals surface area contributed by atoms with Gasteiger partial charge >= 0.3 is 0 Å². The second-order valence-electron chi connectivity index (χ2n) is 5.34. The summed E-state index contributed by atoms with van der Waals surface area (Å²) in [5, 5.41) is 2.21. The molecule has 0 fully saturated rings. The Hall–Kier alpha value is -1.35. The van der Waals surface area contributed by atoms with Gasteiger partial charge in [0.05, 0.1) is 90.9 Å². The summed E-state index contributed by atoms with van der Waals surface area (Å²) in [6.45, 7) is 0.0767. The van der Waals surface area contributed by atoms with Gasteiger partial charge < -0.3 is 14.8 Å². The van der Waals surface area contributed by atoms with Crippen LogP contribution in [0.4, 0.5) is 25.1 Å². The summed E-state index contributed by atoms with van der Waals surface area (Å²) >= 11 is -2.70. The van der Waals surface area contributed by atoms with Gasteiger partial charge in [0.25, 0.3) is 0 Å². The fraction of sp³-hybridized carbons (Fsp3) is 0.0625. The zero-order chi connectivity index (χ0) is 21.7. The van der Waals surface area contributed by atoms with E-state index in [0.717, 1.165) is 6.08 Å². The van der Waals surface area contributed by atoms with Crippen LogP contribution in [0.15, 0.2) is 48.8 Å². The molecule has 0 atom stereocenters. The van der Waals surface area contributed by atoms with Crippen molar-refractivity contribution in [3.8, 4) is 11.5 Å². The predicted molar refractivity (Wildman–Crippen MR) is 111 cm³/mol. The molecule has 0 saturated carbocycles. The summed E-state index contributed by atoms with van der Waals surface area (Å²) in [4.78, 5) is 9.32. The van der Waals surface area contributed by atoms with E-state index in [2.05, 4.69) is 5.32 Å². The van der Waals surface area contributed by atoms with Crippen LogP contribution in [0.3, 0.4) is 0 Å². The molecule has 14 heteroatoms. The Kier molecular flexibility index (Phi) is 8.39. The molecule has 4 nitrogen and oxygen atoms in total. The standard InChI is InChI=1S/C16H8F5NO3S5/c17-26-12-11(13(27-18)15(29-20)16(30-21)14(12)28-19)22-10(23)4-2-7-1-3-8-9(5-7)25-6-24-8/h1-5H,6H2,(H,22,23). The van der Waals surface area contributed by atoms with Gasteiger partial charge in [-0.1, -0.05) is 6.07 Å². The van der Waals surface area contributed by atoms with Crippen LogP contribution in [-0.2, 0) is 4.79 Å². The minimum atomic E-state index is -0.830. The summed E-state index contributed by atoms with van der Waals surface area (Å²) in [6, 6.07) is 4.89. The van der Waals surface area contributed by atoms with E-state index in [0.29, 0.717) is 17.1 Å². The average Bonchev–Trinajstić information content (AvgIpc) is 3.24. The van der Waals surface area contributed by atoms with E-state index in [4.69, 9.17) is 9.47 Å². The molecule has 0 unspecified atom stereocenters. The van der Waals surface area contributed by atoms with Crippen molar-refractivity contribution in [2.45, 2.75) is 24.5 Å². The minimum Gasteiger partial charge on any atom is -0.454 e. The van der Waals surface area contributed by atoms with Crippen LogP contribution in [-0.4, -0.2) is 12.7 Å². The molecular weight excluding hydrogens is 510 g/mol. The number of halogens is 5. The Bertz CT molecular complexity index is 961. The highest BCUT2D eigenvalue weighted by molar-refractivity contribution is 8.00. The SMILES string of the molecule is O=C(C=Cc1ccc2c(c1)OCO2)Nc1c(SF)c(SF)c(SF)c(SF)c1SF. The maximum absolute atomic E-state index is 13.5. The highest BCUT2D eigenvalue weighted by Gasteiger charge is 2.29. The van der Waals surface area contributed by atoms with E-state index in [1.165, 1.54) is 6.08 Å². The van der Waals surface area contributed by atoms with Crippen LogP contribution in [0.25, 0.3) is 6.08 Å². The Morgan fingerprint density at radius 2 is 1.37 bits per heavy atom. The number of fused-ring (bicyclic) bond motifs is 1. The maximum Gasteiger partial charge on any atom is 0.248 e. The lowest BCUT2D eigenvalue weighted by Gasteiger charge is -2.17. The number of benzene rings is 2. The number of carbonyl (C=O) groups is 1. The quantitative estimate of drug-likeness (QED) is 0.280. The minimum absolute atomic E-state index is 0.0767. The summed E-state index contributed by atoms with van der Waals surface area (Å²) < 4.78 is 77.3.